The number of rotatable bonds is 4. The highest BCUT2D eigenvalue weighted by Gasteiger charge is 2.09. The summed E-state index contributed by atoms with van der Waals surface area (Å²) in [5.74, 6) is -0.952. The van der Waals surface area contributed by atoms with Gasteiger partial charge in [0.15, 0.2) is 0 Å². The van der Waals surface area contributed by atoms with E-state index in [1.807, 2.05) is 11.9 Å². The average Bonchev–Trinajstić information content (AvgIpc) is 2.25. The zero-order chi connectivity index (χ0) is 12.1. The lowest BCUT2D eigenvalue weighted by Crippen LogP contribution is -2.18. The highest BCUT2D eigenvalue weighted by Crippen LogP contribution is 2.26. The molecule has 0 amide bonds. The van der Waals surface area contributed by atoms with E-state index in [1.54, 1.807) is 18.2 Å². The maximum absolute atomic E-state index is 10.7. The average molecular weight is 283 g/mol. The van der Waals surface area contributed by atoms with Crippen LogP contribution in [-0.2, 0) is 0 Å². The molecule has 0 aliphatic heterocycles. The van der Waals surface area contributed by atoms with Crippen LogP contribution in [0.25, 0.3) is 0 Å². The first kappa shape index (κ1) is 12.5. The molecule has 5 heteroatoms. The van der Waals surface area contributed by atoms with Gasteiger partial charge >= 0.3 is 5.97 Å². The topological polar surface area (TPSA) is 64.3 Å². The molecule has 0 aromatic heterocycles. The van der Waals surface area contributed by atoms with Crippen LogP contribution in [0.1, 0.15) is 16.8 Å². The maximum Gasteiger partial charge on any atom is 0.335 e. The summed E-state index contributed by atoms with van der Waals surface area (Å²) >= 11 is 3.32. The van der Waals surface area contributed by atoms with Gasteiger partial charge < -0.3 is 10.0 Å². The molecule has 0 spiro atoms. The Labute approximate surface area is 102 Å². The highest BCUT2D eigenvalue weighted by atomic mass is 79.9. The van der Waals surface area contributed by atoms with E-state index in [0.717, 1.165) is 5.69 Å². The number of hydrogen-bond donors (Lipinski definition) is 1. The fourth-order valence-corrected chi connectivity index (χ4v) is 1.97. The fourth-order valence-electron chi connectivity index (χ4n) is 1.29. The zero-order valence-electron chi connectivity index (χ0n) is 8.77. The Bertz CT molecular complexity index is 440. The van der Waals surface area contributed by atoms with Crippen molar-refractivity contribution in [3.8, 4) is 6.07 Å². The number of carbonyl (C=O) groups is 1. The third-order valence-electron chi connectivity index (χ3n) is 2.16. The normalized spacial score (nSPS) is 9.56. The summed E-state index contributed by atoms with van der Waals surface area (Å²) in [6.07, 6.45) is 0.434. The Morgan fingerprint density at radius 1 is 1.62 bits per heavy atom. The molecular weight excluding hydrogens is 272 g/mol. The Morgan fingerprint density at radius 3 is 2.81 bits per heavy atom. The minimum Gasteiger partial charge on any atom is -0.478 e. The standard InChI is InChI=1S/C11H11BrN2O2/c1-14(6-2-5-13)10-4-3-8(11(15)16)7-9(10)12/h3-4,7H,2,6H2,1H3,(H,15,16). The van der Waals surface area contributed by atoms with Gasteiger partial charge in [-0.15, -0.1) is 0 Å². The number of nitrogens with zero attached hydrogens (tertiary/aromatic N) is 2. The summed E-state index contributed by atoms with van der Waals surface area (Å²) in [4.78, 5) is 12.6. The largest absolute Gasteiger partial charge is 0.478 e. The van der Waals surface area contributed by atoms with Crippen molar-refractivity contribution in [3.63, 3.8) is 0 Å². The number of halogens is 1. The Hall–Kier alpha value is -1.54. The van der Waals surface area contributed by atoms with Gasteiger partial charge in [-0.2, -0.15) is 5.26 Å². The highest BCUT2D eigenvalue weighted by molar-refractivity contribution is 9.10. The van der Waals surface area contributed by atoms with Gasteiger partial charge in [0, 0.05) is 18.1 Å². The number of hydrogen-bond acceptors (Lipinski definition) is 3. The number of carboxylic acid groups (broad SMARTS) is 1. The van der Waals surface area contributed by atoms with Crippen molar-refractivity contribution >= 4 is 27.6 Å². The summed E-state index contributed by atoms with van der Waals surface area (Å²) < 4.78 is 0.716. The molecular formula is C11H11BrN2O2. The van der Waals surface area contributed by atoms with Crippen LogP contribution >= 0.6 is 15.9 Å². The van der Waals surface area contributed by atoms with E-state index in [2.05, 4.69) is 22.0 Å². The van der Waals surface area contributed by atoms with E-state index in [9.17, 15) is 4.79 Å². The van der Waals surface area contributed by atoms with Crippen LogP contribution < -0.4 is 4.90 Å². The fraction of sp³-hybridized carbons (Fsp3) is 0.273. The van der Waals surface area contributed by atoms with Crippen LogP contribution in [0.3, 0.4) is 0 Å². The third-order valence-corrected chi connectivity index (χ3v) is 2.80. The second kappa shape index (κ2) is 5.52. The minimum absolute atomic E-state index is 0.240. The lowest BCUT2D eigenvalue weighted by atomic mass is 10.2. The molecule has 0 radical (unpaired) electrons. The van der Waals surface area contributed by atoms with Gasteiger partial charge in [-0.3, -0.25) is 0 Å². The summed E-state index contributed by atoms with van der Waals surface area (Å²) in [5.41, 5.74) is 1.12. The molecule has 0 saturated heterocycles. The van der Waals surface area contributed by atoms with Crippen molar-refractivity contribution in [1.29, 1.82) is 5.26 Å². The van der Waals surface area contributed by atoms with E-state index >= 15 is 0 Å². The van der Waals surface area contributed by atoms with Crippen molar-refractivity contribution in [2.45, 2.75) is 6.42 Å². The maximum atomic E-state index is 10.7. The van der Waals surface area contributed by atoms with E-state index in [0.29, 0.717) is 17.4 Å². The van der Waals surface area contributed by atoms with E-state index in [-0.39, 0.29) is 5.56 Å². The number of aromatic carboxylic acids is 1. The number of anilines is 1. The molecule has 0 fully saturated rings. The monoisotopic (exact) mass is 282 g/mol. The smallest absolute Gasteiger partial charge is 0.335 e. The molecule has 0 heterocycles. The summed E-state index contributed by atoms with van der Waals surface area (Å²) in [5, 5.41) is 17.3. The Balaban J connectivity index is 2.91. The van der Waals surface area contributed by atoms with E-state index < -0.39 is 5.97 Å². The van der Waals surface area contributed by atoms with Crippen LogP contribution in [0.5, 0.6) is 0 Å². The Morgan fingerprint density at radius 2 is 2.31 bits per heavy atom. The second-order valence-electron chi connectivity index (χ2n) is 3.30. The molecule has 16 heavy (non-hydrogen) atoms. The van der Waals surface area contributed by atoms with Crippen LogP contribution in [0.4, 0.5) is 5.69 Å². The van der Waals surface area contributed by atoms with Gasteiger partial charge in [0.1, 0.15) is 0 Å². The number of nitriles is 1. The van der Waals surface area contributed by atoms with Gasteiger partial charge in [0.2, 0.25) is 0 Å². The molecule has 0 unspecified atom stereocenters. The summed E-state index contributed by atoms with van der Waals surface area (Å²) in [6.45, 7) is 0.613. The predicted octanol–water partition coefficient (Wildman–Crippen LogP) is 2.50. The first-order valence-corrected chi connectivity index (χ1v) is 5.46. The van der Waals surface area contributed by atoms with Gasteiger partial charge in [0.25, 0.3) is 0 Å². The molecule has 0 aliphatic rings. The molecule has 0 aliphatic carbocycles. The second-order valence-corrected chi connectivity index (χ2v) is 4.16. The molecule has 4 nitrogen and oxygen atoms in total. The predicted molar refractivity (Wildman–Crippen MR) is 64.6 cm³/mol. The van der Waals surface area contributed by atoms with Gasteiger partial charge in [0.05, 0.1) is 23.7 Å². The molecule has 1 N–H and O–H groups in total. The number of benzene rings is 1. The van der Waals surface area contributed by atoms with Crippen molar-refractivity contribution in [2.75, 3.05) is 18.5 Å². The van der Waals surface area contributed by atoms with Crippen LogP contribution in [0.2, 0.25) is 0 Å². The van der Waals surface area contributed by atoms with Crippen LogP contribution in [-0.4, -0.2) is 24.7 Å². The van der Waals surface area contributed by atoms with E-state index in [4.69, 9.17) is 10.4 Å². The third kappa shape index (κ3) is 2.97. The van der Waals surface area contributed by atoms with Gasteiger partial charge in [-0.1, -0.05) is 0 Å². The molecule has 0 bridgehead atoms. The van der Waals surface area contributed by atoms with Crippen LogP contribution in [0.15, 0.2) is 22.7 Å². The Kier molecular flexibility index (Phi) is 4.32. The molecule has 1 aromatic carbocycles. The summed E-state index contributed by atoms with van der Waals surface area (Å²) in [7, 11) is 1.86. The van der Waals surface area contributed by atoms with Crippen LogP contribution in [0, 0.1) is 11.3 Å². The van der Waals surface area contributed by atoms with Crippen molar-refractivity contribution in [1.82, 2.24) is 0 Å². The van der Waals surface area contributed by atoms with Gasteiger partial charge in [-0.25, -0.2) is 4.79 Å². The molecule has 84 valence electrons. The quantitative estimate of drug-likeness (QED) is 0.922. The molecule has 0 saturated carbocycles. The van der Waals surface area contributed by atoms with Crippen molar-refractivity contribution in [2.24, 2.45) is 0 Å². The number of carboxylic acids is 1. The molecule has 1 aromatic rings. The molecule has 0 atom stereocenters. The SMILES string of the molecule is CN(CCC#N)c1ccc(C(=O)O)cc1Br. The molecule has 1 rings (SSSR count). The first-order chi connectivity index (χ1) is 7.56. The lowest BCUT2D eigenvalue weighted by molar-refractivity contribution is 0.0697. The van der Waals surface area contributed by atoms with Gasteiger partial charge in [-0.05, 0) is 34.1 Å². The first-order valence-electron chi connectivity index (χ1n) is 4.67. The van der Waals surface area contributed by atoms with E-state index in [1.165, 1.54) is 0 Å². The minimum atomic E-state index is -0.952. The lowest BCUT2D eigenvalue weighted by Gasteiger charge is -2.19. The van der Waals surface area contributed by atoms with Crippen molar-refractivity contribution in [3.05, 3.63) is 28.2 Å². The summed E-state index contributed by atoms with van der Waals surface area (Å²) in [6, 6.07) is 6.90. The van der Waals surface area contributed by atoms with Crippen molar-refractivity contribution < 1.29 is 9.90 Å². The zero-order valence-corrected chi connectivity index (χ0v) is 10.4.